The quantitative estimate of drug-likeness (QED) is 0.551. The van der Waals surface area contributed by atoms with Gasteiger partial charge in [-0.2, -0.15) is 0 Å². The van der Waals surface area contributed by atoms with Gasteiger partial charge in [-0.3, -0.25) is 4.79 Å². The van der Waals surface area contributed by atoms with Crippen molar-refractivity contribution in [2.45, 2.75) is 13.0 Å². The highest BCUT2D eigenvalue weighted by atomic mass is 16.4. The SMILES string of the molecule is C[C@H](NNc1ccccc1C(=O)O)C(=O)O. The van der Waals surface area contributed by atoms with Crippen LogP contribution in [0, 0.1) is 0 Å². The number of carbonyl (C=O) groups is 2. The van der Waals surface area contributed by atoms with Crippen LogP contribution in [-0.4, -0.2) is 28.2 Å². The Morgan fingerprint density at radius 2 is 1.88 bits per heavy atom. The zero-order valence-electron chi connectivity index (χ0n) is 8.60. The molecule has 6 heteroatoms. The molecular weight excluding hydrogens is 212 g/mol. The average Bonchev–Trinajstić information content (AvgIpc) is 2.25. The standard InChI is InChI=1S/C10H12N2O4/c1-6(9(13)14)11-12-8-5-3-2-4-7(8)10(15)16/h2-6,11-12H,1H3,(H,13,14)(H,15,16)/t6-/m0/s1. The summed E-state index contributed by atoms with van der Waals surface area (Å²) in [7, 11) is 0. The van der Waals surface area contributed by atoms with E-state index in [0.29, 0.717) is 5.69 Å². The molecule has 0 aliphatic rings. The highest BCUT2D eigenvalue weighted by Crippen LogP contribution is 2.13. The van der Waals surface area contributed by atoms with Crippen molar-refractivity contribution in [2.75, 3.05) is 5.43 Å². The van der Waals surface area contributed by atoms with Crippen molar-refractivity contribution in [3.05, 3.63) is 29.8 Å². The monoisotopic (exact) mass is 224 g/mol. The lowest BCUT2D eigenvalue weighted by atomic mass is 10.2. The molecule has 0 aliphatic heterocycles. The summed E-state index contributed by atoms with van der Waals surface area (Å²) in [6.45, 7) is 1.44. The van der Waals surface area contributed by atoms with Crippen molar-refractivity contribution in [3.8, 4) is 0 Å². The van der Waals surface area contributed by atoms with E-state index in [9.17, 15) is 9.59 Å². The van der Waals surface area contributed by atoms with E-state index < -0.39 is 18.0 Å². The molecule has 0 heterocycles. The molecule has 0 aromatic heterocycles. The Kier molecular flexibility index (Phi) is 3.84. The fraction of sp³-hybridized carbons (Fsp3) is 0.200. The largest absolute Gasteiger partial charge is 0.480 e. The van der Waals surface area contributed by atoms with Gasteiger partial charge in [-0.25, -0.2) is 10.2 Å². The molecule has 86 valence electrons. The number of aromatic carboxylic acids is 1. The zero-order chi connectivity index (χ0) is 12.1. The van der Waals surface area contributed by atoms with Crippen LogP contribution in [0.25, 0.3) is 0 Å². The van der Waals surface area contributed by atoms with Gasteiger partial charge in [-0.1, -0.05) is 12.1 Å². The van der Waals surface area contributed by atoms with Gasteiger partial charge in [0.25, 0.3) is 0 Å². The predicted octanol–water partition coefficient (Wildman–Crippen LogP) is 0.774. The van der Waals surface area contributed by atoms with Crippen LogP contribution in [0.1, 0.15) is 17.3 Å². The summed E-state index contributed by atoms with van der Waals surface area (Å²) in [6, 6.07) is 5.40. The van der Waals surface area contributed by atoms with Crippen molar-refractivity contribution in [1.82, 2.24) is 5.43 Å². The van der Waals surface area contributed by atoms with Crippen molar-refractivity contribution >= 4 is 17.6 Å². The third kappa shape index (κ3) is 2.96. The van der Waals surface area contributed by atoms with Crippen molar-refractivity contribution in [3.63, 3.8) is 0 Å². The highest BCUT2D eigenvalue weighted by molar-refractivity contribution is 5.94. The van der Waals surface area contributed by atoms with E-state index in [2.05, 4.69) is 10.9 Å². The molecule has 0 amide bonds. The van der Waals surface area contributed by atoms with E-state index in [0.717, 1.165) is 0 Å². The third-order valence-corrected chi connectivity index (χ3v) is 1.95. The normalized spacial score (nSPS) is 11.8. The molecule has 0 unspecified atom stereocenters. The maximum Gasteiger partial charge on any atom is 0.337 e. The first-order valence-corrected chi connectivity index (χ1v) is 4.59. The molecule has 0 saturated carbocycles. The van der Waals surface area contributed by atoms with E-state index >= 15 is 0 Å². The minimum atomic E-state index is -1.08. The van der Waals surface area contributed by atoms with Crippen LogP contribution in [0.2, 0.25) is 0 Å². The van der Waals surface area contributed by atoms with Crippen LogP contribution in [0.15, 0.2) is 24.3 Å². The Labute approximate surface area is 91.9 Å². The summed E-state index contributed by atoms with van der Waals surface area (Å²) in [5.74, 6) is -2.10. The summed E-state index contributed by atoms with van der Waals surface area (Å²) < 4.78 is 0. The van der Waals surface area contributed by atoms with Gasteiger partial charge in [-0.05, 0) is 19.1 Å². The molecule has 0 aliphatic carbocycles. The molecule has 0 spiro atoms. The first-order chi connectivity index (χ1) is 7.52. The zero-order valence-corrected chi connectivity index (χ0v) is 8.60. The van der Waals surface area contributed by atoms with Gasteiger partial charge in [-0.15, -0.1) is 0 Å². The molecule has 0 saturated heterocycles. The molecule has 0 bridgehead atoms. The smallest absolute Gasteiger partial charge is 0.337 e. The van der Waals surface area contributed by atoms with Crippen LogP contribution >= 0.6 is 0 Å². The van der Waals surface area contributed by atoms with E-state index in [1.807, 2.05) is 0 Å². The van der Waals surface area contributed by atoms with E-state index in [-0.39, 0.29) is 5.56 Å². The summed E-state index contributed by atoms with van der Waals surface area (Å²) in [6.07, 6.45) is 0. The van der Waals surface area contributed by atoms with Crippen LogP contribution in [0.3, 0.4) is 0 Å². The van der Waals surface area contributed by atoms with Crippen LogP contribution in [-0.2, 0) is 4.79 Å². The number of anilines is 1. The average molecular weight is 224 g/mol. The van der Waals surface area contributed by atoms with Crippen molar-refractivity contribution < 1.29 is 19.8 Å². The number of carboxylic acid groups (broad SMARTS) is 2. The summed E-state index contributed by atoms with van der Waals surface area (Å²) in [5, 5.41) is 17.5. The summed E-state index contributed by atoms with van der Waals surface area (Å²) >= 11 is 0. The molecule has 1 atom stereocenters. The molecule has 6 nitrogen and oxygen atoms in total. The number of nitrogens with one attached hydrogen (secondary N) is 2. The Morgan fingerprint density at radius 1 is 1.25 bits per heavy atom. The molecule has 16 heavy (non-hydrogen) atoms. The minimum Gasteiger partial charge on any atom is -0.480 e. The van der Waals surface area contributed by atoms with Gasteiger partial charge in [0.2, 0.25) is 0 Å². The minimum absolute atomic E-state index is 0.0765. The molecule has 4 N–H and O–H groups in total. The topological polar surface area (TPSA) is 98.7 Å². The van der Waals surface area contributed by atoms with Gasteiger partial charge in [0, 0.05) is 0 Å². The highest BCUT2D eigenvalue weighted by Gasteiger charge is 2.12. The second-order valence-electron chi connectivity index (χ2n) is 3.18. The molecule has 0 radical (unpaired) electrons. The van der Waals surface area contributed by atoms with Crippen LogP contribution in [0.5, 0.6) is 0 Å². The van der Waals surface area contributed by atoms with Gasteiger partial charge in [0.05, 0.1) is 11.3 Å². The Balaban J connectivity index is 2.74. The number of aliphatic carboxylic acids is 1. The predicted molar refractivity (Wildman–Crippen MR) is 57.3 cm³/mol. The number of benzene rings is 1. The summed E-state index contributed by atoms with van der Waals surface area (Å²) in [5.41, 5.74) is 5.44. The molecule has 0 fully saturated rings. The van der Waals surface area contributed by atoms with Gasteiger partial charge >= 0.3 is 11.9 Å². The second-order valence-corrected chi connectivity index (χ2v) is 3.18. The molecular formula is C10H12N2O4. The number of carboxylic acids is 2. The molecule has 1 rings (SSSR count). The second kappa shape index (κ2) is 5.13. The first kappa shape index (κ1) is 12.0. The number of para-hydroxylation sites is 1. The Morgan fingerprint density at radius 3 is 2.44 bits per heavy atom. The van der Waals surface area contributed by atoms with E-state index in [4.69, 9.17) is 10.2 Å². The number of hydrogen-bond donors (Lipinski definition) is 4. The molecule has 1 aromatic carbocycles. The Bertz CT molecular complexity index is 406. The van der Waals surface area contributed by atoms with E-state index in [1.54, 1.807) is 18.2 Å². The van der Waals surface area contributed by atoms with E-state index in [1.165, 1.54) is 13.0 Å². The number of hydrogen-bond acceptors (Lipinski definition) is 4. The number of rotatable bonds is 5. The maximum atomic E-state index is 10.8. The fourth-order valence-corrected chi connectivity index (χ4v) is 1.03. The van der Waals surface area contributed by atoms with Gasteiger partial charge in [0.1, 0.15) is 6.04 Å². The third-order valence-electron chi connectivity index (χ3n) is 1.95. The van der Waals surface area contributed by atoms with Crippen molar-refractivity contribution in [1.29, 1.82) is 0 Å². The lowest BCUT2D eigenvalue weighted by Crippen LogP contribution is -2.38. The summed E-state index contributed by atoms with van der Waals surface area (Å²) in [4.78, 5) is 21.3. The van der Waals surface area contributed by atoms with Crippen molar-refractivity contribution in [2.24, 2.45) is 0 Å². The fourth-order valence-electron chi connectivity index (χ4n) is 1.03. The van der Waals surface area contributed by atoms with Crippen LogP contribution in [0.4, 0.5) is 5.69 Å². The maximum absolute atomic E-state index is 10.8. The molecule has 1 aromatic rings. The van der Waals surface area contributed by atoms with Crippen LogP contribution < -0.4 is 10.9 Å². The lowest BCUT2D eigenvalue weighted by molar-refractivity contribution is -0.138. The number of hydrazine groups is 1. The first-order valence-electron chi connectivity index (χ1n) is 4.59. The van der Waals surface area contributed by atoms with Gasteiger partial charge < -0.3 is 15.6 Å². The van der Waals surface area contributed by atoms with Gasteiger partial charge in [0.15, 0.2) is 0 Å². The lowest BCUT2D eigenvalue weighted by Gasteiger charge is -2.13. The Hall–Kier alpha value is -2.08.